The van der Waals surface area contributed by atoms with E-state index in [1.807, 2.05) is 44.2 Å². The smallest absolute Gasteiger partial charge is 0.283 e. The maximum Gasteiger partial charge on any atom is 0.382 e. The maximum absolute atomic E-state index is 13.4. The van der Waals surface area contributed by atoms with Gasteiger partial charge in [-0.3, -0.25) is 9.59 Å². The average molecular weight is 377 g/mol. The predicted molar refractivity (Wildman–Crippen MR) is 106 cm³/mol. The number of hydrogen-bond acceptors (Lipinski definition) is 3. The summed E-state index contributed by atoms with van der Waals surface area (Å²) in [6.45, 7) is 8.50. The Hall–Kier alpha value is -1.46. The van der Waals surface area contributed by atoms with Gasteiger partial charge in [-0.05, 0) is 18.4 Å². The second-order valence-electron chi connectivity index (χ2n) is 7.94. The van der Waals surface area contributed by atoms with Gasteiger partial charge in [-0.1, -0.05) is 70.7 Å². The molecule has 0 bridgehead atoms. The average Bonchev–Trinajstić information content (AvgIpc) is 3.02. The third-order valence-corrected chi connectivity index (χ3v) is 6.22. The van der Waals surface area contributed by atoms with E-state index >= 15 is 0 Å². The molecule has 1 aromatic carbocycles. The number of amides is 1. The van der Waals surface area contributed by atoms with Crippen molar-refractivity contribution in [3.8, 4) is 0 Å². The van der Waals surface area contributed by atoms with E-state index in [1.165, 1.54) is 0 Å². The van der Waals surface area contributed by atoms with Gasteiger partial charge in [0.2, 0.25) is 5.12 Å². The van der Waals surface area contributed by atoms with Crippen LogP contribution in [0.2, 0.25) is 0 Å². The van der Waals surface area contributed by atoms with Gasteiger partial charge in [0.1, 0.15) is 0 Å². The summed E-state index contributed by atoms with van der Waals surface area (Å²) in [6.07, 6.45) is 2.02. The largest absolute Gasteiger partial charge is 0.382 e. The summed E-state index contributed by atoms with van der Waals surface area (Å²) >= 11 is 4.15. The number of Topliss-reactive ketones (excluding diaryl/α,β-unsaturated/α-hetero) is 1. The van der Waals surface area contributed by atoms with Crippen LogP contribution in [0.15, 0.2) is 30.3 Å². The number of nitrogens with zero attached hydrogens (tertiary/aromatic N) is 1. The first-order valence-corrected chi connectivity index (χ1v) is 9.89. The highest BCUT2D eigenvalue weighted by atomic mass is 32.1. The summed E-state index contributed by atoms with van der Waals surface area (Å²) in [5.74, 6) is -0.888. The van der Waals surface area contributed by atoms with Crippen molar-refractivity contribution in [2.45, 2.75) is 58.9 Å². The first-order valence-electron chi connectivity index (χ1n) is 9.45. The van der Waals surface area contributed by atoms with Crippen LogP contribution in [0, 0.1) is 5.41 Å². The zero-order chi connectivity index (χ0) is 19.5. The molecule has 0 radical (unpaired) electrons. The molecule has 0 N–H and O–H groups in total. The van der Waals surface area contributed by atoms with Crippen molar-refractivity contribution in [3.63, 3.8) is 0 Å². The van der Waals surface area contributed by atoms with Gasteiger partial charge in [0, 0.05) is 11.8 Å². The van der Waals surface area contributed by atoms with Crippen molar-refractivity contribution in [1.29, 1.82) is 0 Å². The second kappa shape index (κ2) is 8.05. The van der Waals surface area contributed by atoms with Crippen molar-refractivity contribution < 1.29 is 18.9 Å². The Labute approximate surface area is 162 Å². The number of ketones is 1. The van der Waals surface area contributed by atoms with Crippen LogP contribution in [0.3, 0.4) is 0 Å². The third kappa shape index (κ3) is 3.65. The van der Waals surface area contributed by atoms with Crippen LogP contribution in [-0.2, 0) is 14.4 Å². The van der Waals surface area contributed by atoms with Gasteiger partial charge in [-0.15, -0.1) is 0 Å². The number of likely N-dealkylation sites (tertiary alicyclic amines) is 1. The molecule has 142 valence electrons. The molecule has 26 heavy (non-hydrogen) atoms. The number of carbonyl (C=O) groups is 3. The van der Waals surface area contributed by atoms with Gasteiger partial charge < -0.3 is 0 Å². The molecule has 3 unspecified atom stereocenters. The van der Waals surface area contributed by atoms with Crippen molar-refractivity contribution in [2.75, 3.05) is 13.1 Å². The molecule has 5 heteroatoms. The molecule has 1 aromatic rings. The van der Waals surface area contributed by atoms with Crippen LogP contribution in [0.1, 0.15) is 58.4 Å². The van der Waals surface area contributed by atoms with Crippen LogP contribution >= 0.6 is 12.6 Å². The van der Waals surface area contributed by atoms with E-state index in [0.717, 1.165) is 12.0 Å². The molecule has 1 saturated heterocycles. The summed E-state index contributed by atoms with van der Waals surface area (Å²) in [5, 5.41) is -0.305. The molecule has 1 fully saturated rings. The molecule has 1 amide bonds. The summed E-state index contributed by atoms with van der Waals surface area (Å²) < 4.78 is -0.0827. The van der Waals surface area contributed by atoms with E-state index < -0.39 is 17.4 Å². The monoisotopic (exact) mass is 376 g/mol. The number of carbonyl (C=O) groups excluding carboxylic acids is 3. The number of hydrogen-bond donors (Lipinski definition) is 1. The van der Waals surface area contributed by atoms with E-state index in [-0.39, 0.29) is 21.3 Å². The molecule has 1 aliphatic rings. The third-order valence-electron chi connectivity index (χ3n) is 5.95. The standard InChI is InChI=1S/C21H29NO3S/c1-5-13-22(19(24)18(23)21(3,4)6-2)14-12-16(17(22)20(25)26)15-10-8-7-9-11-15/h7-11,16-17H,5-6,12-14H2,1-4H3/p+1. The Bertz CT molecular complexity index is 686. The number of quaternary nitrogens is 1. The van der Waals surface area contributed by atoms with Crippen LogP contribution in [0.5, 0.6) is 0 Å². The molecule has 1 aliphatic heterocycles. The minimum atomic E-state index is -0.717. The van der Waals surface area contributed by atoms with Crippen molar-refractivity contribution >= 4 is 29.4 Å². The number of benzene rings is 1. The highest BCUT2D eigenvalue weighted by molar-refractivity contribution is 7.96. The van der Waals surface area contributed by atoms with Crippen molar-refractivity contribution in [2.24, 2.45) is 5.41 Å². The SMILES string of the molecule is CCC[N+]1(C(=O)C(=O)C(C)(C)CC)CCC(c2ccccc2)C1C(=O)S. The van der Waals surface area contributed by atoms with Crippen LogP contribution < -0.4 is 0 Å². The van der Waals surface area contributed by atoms with E-state index in [9.17, 15) is 14.4 Å². The molecule has 0 saturated carbocycles. The lowest BCUT2D eigenvalue weighted by Crippen LogP contribution is -2.63. The van der Waals surface area contributed by atoms with Gasteiger partial charge in [-0.2, -0.15) is 0 Å². The fourth-order valence-corrected chi connectivity index (χ4v) is 4.48. The van der Waals surface area contributed by atoms with Gasteiger partial charge in [0.05, 0.1) is 19.0 Å². The van der Waals surface area contributed by atoms with Crippen LogP contribution in [-0.4, -0.2) is 40.4 Å². The molecule has 0 aliphatic carbocycles. The molecule has 2 rings (SSSR count). The first kappa shape index (κ1) is 20.8. The summed E-state index contributed by atoms with van der Waals surface area (Å²) in [5.41, 5.74) is 0.316. The number of rotatable bonds is 7. The quantitative estimate of drug-likeness (QED) is 0.448. The van der Waals surface area contributed by atoms with E-state index in [0.29, 0.717) is 25.9 Å². The highest BCUT2D eigenvalue weighted by Gasteiger charge is 2.58. The van der Waals surface area contributed by atoms with Gasteiger partial charge >= 0.3 is 5.91 Å². The molecular weight excluding hydrogens is 346 g/mol. The van der Waals surface area contributed by atoms with E-state index in [2.05, 4.69) is 12.6 Å². The van der Waals surface area contributed by atoms with Gasteiger partial charge in [0.15, 0.2) is 6.04 Å². The van der Waals surface area contributed by atoms with Crippen molar-refractivity contribution in [1.82, 2.24) is 0 Å². The zero-order valence-corrected chi connectivity index (χ0v) is 17.1. The van der Waals surface area contributed by atoms with Crippen LogP contribution in [0.25, 0.3) is 0 Å². The summed E-state index contributed by atoms with van der Waals surface area (Å²) in [7, 11) is 0. The minimum absolute atomic E-state index is 0.0827. The topological polar surface area (TPSA) is 51.2 Å². The molecule has 0 spiro atoms. The Kier molecular flexibility index (Phi) is 6.46. The van der Waals surface area contributed by atoms with Gasteiger partial charge in [0.25, 0.3) is 5.78 Å². The molecule has 4 nitrogen and oxygen atoms in total. The minimum Gasteiger partial charge on any atom is -0.283 e. The first-order chi connectivity index (χ1) is 12.2. The summed E-state index contributed by atoms with van der Waals surface area (Å²) in [6, 6.07) is 9.18. The highest BCUT2D eigenvalue weighted by Crippen LogP contribution is 2.42. The Morgan fingerprint density at radius 1 is 1.15 bits per heavy atom. The summed E-state index contributed by atoms with van der Waals surface area (Å²) in [4.78, 5) is 38.9. The normalized spacial score (nSPS) is 25.9. The second-order valence-corrected chi connectivity index (χ2v) is 8.38. The lowest BCUT2D eigenvalue weighted by molar-refractivity contribution is -0.854. The van der Waals surface area contributed by atoms with E-state index in [1.54, 1.807) is 13.8 Å². The van der Waals surface area contributed by atoms with Crippen molar-refractivity contribution in [3.05, 3.63) is 35.9 Å². The Balaban J connectivity index is 2.50. The Morgan fingerprint density at radius 2 is 1.77 bits per heavy atom. The molecule has 0 aromatic heterocycles. The molecule has 1 heterocycles. The van der Waals surface area contributed by atoms with E-state index in [4.69, 9.17) is 0 Å². The molecular formula is C21H30NO3S+. The van der Waals surface area contributed by atoms with Gasteiger partial charge in [-0.25, -0.2) is 9.28 Å². The molecule has 3 atom stereocenters. The maximum atomic E-state index is 13.4. The lowest BCUT2D eigenvalue weighted by Gasteiger charge is -2.38. The predicted octanol–water partition coefficient (Wildman–Crippen LogP) is 3.76. The fraction of sp³-hybridized carbons (Fsp3) is 0.571. The number of thiol groups is 1. The lowest BCUT2D eigenvalue weighted by atomic mass is 9.83. The van der Waals surface area contributed by atoms with Crippen LogP contribution in [0.4, 0.5) is 0 Å². The zero-order valence-electron chi connectivity index (χ0n) is 16.2. The Morgan fingerprint density at radius 3 is 2.27 bits per heavy atom. The fourth-order valence-electron chi connectivity index (χ4n) is 4.08.